The van der Waals surface area contributed by atoms with Crippen molar-refractivity contribution in [3.05, 3.63) is 84.2 Å². The number of carbonyl (C=O) groups excluding carboxylic acids is 1. The Bertz CT molecular complexity index is 845. The van der Waals surface area contributed by atoms with Gasteiger partial charge in [-0.25, -0.2) is 4.98 Å². The van der Waals surface area contributed by atoms with E-state index in [1.165, 1.54) is 0 Å². The van der Waals surface area contributed by atoms with Gasteiger partial charge in [0.05, 0.1) is 11.9 Å². The average molecular weight is 331 g/mol. The van der Waals surface area contributed by atoms with Crippen LogP contribution >= 0.6 is 0 Å². The maximum absolute atomic E-state index is 12.4. The van der Waals surface area contributed by atoms with Gasteiger partial charge in [0.25, 0.3) is 5.91 Å². The highest BCUT2D eigenvalue weighted by atomic mass is 16.1. The van der Waals surface area contributed by atoms with Crippen molar-refractivity contribution in [2.24, 2.45) is 0 Å². The molecule has 1 heterocycles. The average Bonchev–Trinajstić information content (AvgIpc) is 2.66. The number of carbonyl (C=O) groups is 1. The molecule has 1 amide bonds. The van der Waals surface area contributed by atoms with E-state index in [0.29, 0.717) is 5.69 Å². The van der Waals surface area contributed by atoms with Crippen molar-refractivity contribution >= 4 is 23.0 Å². The molecule has 0 saturated heterocycles. The van der Waals surface area contributed by atoms with Gasteiger partial charge in [-0.15, -0.1) is 0 Å². The Hall–Kier alpha value is -3.14. The normalized spacial score (nSPS) is 10.3. The van der Waals surface area contributed by atoms with Crippen LogP contribution in [0.2, 0.25) is 0 Å². The summed E-state index contributed by atoms with van der Waals surface area (Å²) >= 11 is 0. The van der Waals surface area contributed by atoms with Gasteiger partial charge in [-0.05, 0) is 49.7 Å². The molecule has 4 heteroatoms. The lowest BCUT2D eigenvalue weighted by Gasteiger charge is -2.23. The molecule has 25 heavy (non-hydrogen) atoms. The Balaban J connectivity index is 1.77. The standard InChI is InChI=1S/C21H21N3O/c1-3-24(17-10-5-4-6-11-17)18-13-14-20(22-15-18)21(25)23-19-12-8-7-9-16(19)2/h4-15H,3H2,1-2H3,(H,23,25). The number of nitrogens with zero attached hydrogens (tertiary/aromatic N) is 2. The number of amides is 1. The maximum atomic E-state index is 12.4. The lowest BCUT2D eigenvalue weighted by atomic mass is 10.2. The highest BCUT2D eigenvalue weighted by Crippen LogP contribution is 2.24. The third-order valence-electron chi connectivity index (χ3n) is 4.07. The second-order valence-electron chi connectivity index (χ2n) is 5.75. The molecule has 0 radical (unpaired) electrons. The number of para-hydroxylation sites is 2. The van der Waals surface area contributed by atoms with Crippen molar-refractivity contribution in [1.29, 1.82) is 0 Å². The van der Waals surface area contributed by atoms with Crippen LogP contribution < -0.4 is 10.2 Å². The minimum Gasteiger partial charge on any atom is -0.341 e. The smallest absolute Gasteiger partial charge is 0.274 e. The zero-order chi connectivity index (χ0) is 17.6. The van der Waals surface area contributed by atoms with Crippen LogP contribution in [0.15, 0.2) is 72.9 Å². The highest BCUT2D eigenvalue weighted by molar-refractivity contribution is 6.03. The fraction of sp³-hybridized carbons (Fsp3) is 0.143. The predicted octanol–water partition coefficient (Wildman–Crippen LogP) is 4.80. The molecule has 4 nitrogen and oxygen atoms in total. The Labute approximate surface area is 148 Å². The number of anilines is 3. The van der Waals surface area contributed by atoms with E-state index in [4.69, 9.17) is 0 Å². The number of aryl methyl sites for hydroxylation is 1. The van der Waals surface area contributed by atoms with Crippen molar-refractivity contribution in [3.63, 3.8) is 0 Å². The summed E-state index contributed by atoms with van der Waals surface area (Å²) in [6, 6.07) is 21.5. The monoisotopic (exact) mass is 331 g/mol. The Morgan fingerprint density at radius 3 is 2.32 bits per heavy atom. The van der Waals surface area contributed by atoms with Crippen molar-refractivity contribution < 1.29 is 4.79 Å². The third-order valence-corrected chi connectivity index (χ3v) is 4.07. The number of hydrogen-bond donors (Lipinski definition) is 1. The van der Waals surface area contributed by atoms with E-state index in [1.54, 1.807) is 12.3 Å². The number of hydrogen-bond acceptors (Lipinski definition) is 3. The number of pyridine rings is 1. The molecule has 0 saturated carbocycles. The van der Waals surface area contributed by atoms with Gasteiger partial charge >= 0.3 is 0 Å². The van der Waals surface area contributed by atoms with Crippen LogP contribution in [0, 0.1) is 6.92 Å². The van der Waals surface area contributed by atoms with Gasteiger partial charge in [0, 0.05) is 17.9 Å². The summed E-state index contributed by atoms with van der Waals surface area (Å²) < 4.78 is 0. The van der Waals surface area contributed by atoms with Gasteiger partial charge in [-0.3, -0.25) is 4.79 Å². The van der Waals surface area contributed by atoms with Gasteiger partial charge in [0.15, 0.2) is 0 Å². The topological polar surface area (TPSA) is 45.2 Å². The Kier molecular flexibility index (Phi) is 5.09. The zero-order valence-corrected chi connectivity index (χ0v) is 14.4. The van der Waals surface area contributed by atoms with Crippen LogP contribution in [0.5, 0.6) is 0 Å². The molecule has 1 aromatic heterocycles. The van der Waals surface area contributed by atoms with E-state index in [1.807, 2.05) is 55.5 Å². The number of nitrogens with one attached hydrogen (secondary N) is 1. The lowest BCUT2D eigenvalue weighted by molar-refractivity contribution is 0.102. The van der Waals surface area contributed by atoms with E-state index in [0.717, 1.165) is 29.2 Å². The molecule has 0 aliphatic carbocycles. The van der Waals surface area contributed by atoms with Crippen LogP contribution in [0.25, 0.3) is 0 Å². The molecule has 1 N–H and O–H groups in total. The summed E-state index contributed by atoms with van der Waals surface area (Å²) in [4.78, 5) is 18.9. The van der Waals surface area contributed by atoms with Gasteiger partial charge in [-0.2, -0.15) is 0 Å². The molecule has 0 aliphatic heterocycles. The quantitative estimate of drug-likeness (QED) is 0.730. The van der Waals surface area contributed by atoms with Crippen molar-refractivity contribution in [3.8, 4) is 0 Å². The van der Waals surface area contributed by atoms with Crippen LogP contribution in [0.4, 0.5) is 17.1 Å². The van der Waals surface area contributed by atoms with Crippen molar-refractivity contribution in [2.45, 2.75) is 13.8 Å². The predicted molar refractivity (Wildman–Crippen MR) is 102 cm³/mol. The van der Waals surface area contributed by atoms with Crippen LogP contribution in [0.1, 0.15) is 23.0 Å². The van der Waals surface area contributed by atoms with Crippen LogP contribution in [0.3, 0.4) is 0 Å². The van der Waals surface area contributed by atoms with Gasteiger partial charge in [0.2, 0.25) is 0 Å². The largest absolute Gasteiger partial charge is 0.341 e. The second kappa shape index (κ2) is 7.62. The summed E-state index contributed by atoms with van der Waals surface area (Å²) in [6.07, 6.45) is 1.74. The number of aromatic nitrogens is 1. The molecule has 0 aliphatic rings. The first-order chi connectivity index (χ1) is 12.2. The first-order valence-electron chi connectivity index (χ1n) is 8.34. The molecular weight excluding hydrogens is 310 g/mol. The summed E-state index contributed by atoms with van der Waals surface area (Å²) in [5.41, 5.74) is 4.28. The van der Waals surface area contributed by atoms with Crippen molar-refractivity contribution in [1.82, 2.24) is 4.98 Å². The molecule has 0 fully saturated rings. The fourth-order valence-electron chi connectivity index (χ4n) is 2.70. The molecule has 3 rings (SSSR count). The SMILES string of the molecule is CCN(c1ccccc1)c1ccc(C(=O)Nc2ccccc2C)nc1. The molecule has 2 aromatic carbocycles. The van der Waals surface area contributed by atoms with Gasteiger partial charge < -0.3 is 10.2 Å². The lowest BCUT2D eigenvalue weighted by Crippen LogP contribution is -2.18. The molecule has 0 spiro atoms. The van der Waals surface area contributed by atoms with Crippen molar-refractivity contribution in [2.75, 3.05) is 16.8 Å². The van der Waals surface area contributed by atoms with E-state index < -0.39 is 0 Å². The fourth-order valence-corrected chi connectivity index (χ4v) is 2.70. The number of rotatable bonds is 5. The van der Waals surface area contributed by atoms with Gasteiger partial charge in [0.1, 0.15) is 5.69 Å². The summed E-state index contributed by atoms with van der Waals surface area (Å²) in [5.74, 6) is -0.205. The molecule has 0 bridgehead atoms. The van der Waals surface area contributed by atoms with E-state index >= 15 is 0 Å². The Morgan fingerprint density at radius 1 is 0.960 bits per heavy atom. The maximum Gasteiger partial charge on any atom is 0.274 e. The third kappa shape index (κ3) is 3.86. The summed E-state index contributed by atoms with van der Waals surface area (Å²) in [7, 11) is 0. The van der Waals surface area contributed by atoms with E-state index in [9.17, 15) is 4.79 Å². The molecule has 0 atom stereocenters. The first-order valence-corrected chi connectivity index (χ1v) is 8.34. The number of benzene rings is 2. The zero-order valence-electron chi connectivity index (χ0n) is 14.4. The van der Waals surface area contributed by atoms with Crippen LogP contribution in [-0.4, -0.2) is 17.4 Å². The summed E-state index contributed by atoms with van der Waals surface area (Å²) in [5, 5.41) is 2.91. The minimum atomic E-state index is -0.205. The molecule has 126 valence electrons. The molecular formula is C21H21N3O. The molecule has 0 unspecified atom stereocenters. The minimum absolute atomic E-state index is 0.205. The van der Waals surface area contributed by atoms with E-state index in [-0.39, 0.29) is 5.91 Å². The summed E-state index contributed by atoms with van der Waals surface area (Å²) in [6.45, 7) is 4.87. The van der Waals surface area contributed by atoms with Crippen LogP contribution in [-0.2, 0) is 0 Å². The molecule has 3 aromatic rings. The second-order valence-corrected chi connectivity index (χ2v) is 5.75. The highest BCUT2D eigenvalue weighted by Gasteiger charge is 2.11. The Morgan fingerprint density at radius 2 is 1.68 bits per heavy atom. The van der Waals surface area contributed by atoms with E-state index in [2.05, 4.69) is 34.3 Å². The first kappa shape index (κ1) is 16.7. The van der Waals surface area contributed by atoms with Gasteiger partial charge in [-0.1, -0.05) is 36.4 Å².